The van der Waals surface area contributed by atoms with E-state index >= 15 is 0 Å². The fourth-order valence-electron chi connectivity index (χ4n) is 1.55. The number of sulfonamides is 1. The predicted molar refractivity (Wildman–Crippen MR) is 73.7 cm³/mol. The summed E-state index contributed by atoms with van der Waals surface area (Å²) in [5.74, 6) is 0. The Morgan fingerprint density at radius 1 is 1.37 bits per heavy atom. The quantitative estimate of drug-likeness (QED) is 0.941. The minimum atomic E-state index is -3.69. The molecule has 0 aliphatic carbocycles. The number of H-pyrrole nitrogens is 1. The van der Waals surface area contributed by atoms with E-state index in [1.807, 2.05) is 0 Å². The first-order valence-corrected chi connectivity index (χ1v) is 7.50. The highest BCUT2D eigenvalue weighted by molar-refractivity contribution is 7.89. The van der Waals surface area contributed by atoms with E-state index in [4.69, 9.17) is 23.2 Å². The number of halogens is 2. The lowest BCUT2D eigenvalue weighted by atomic mass is 10.4. The summed E-state index contributed by atoms with van der Waals surface area (Å²) in [7, 11) is -2.22. The Labute approximate surface area is 121 Å². The second-order valence-corrected chi connectivity index (χ2v) is 6.80. The number of hydrogen-bond acceptors (Lipinski definition) is 3. The molecule has 0 aliphatic rings. The van der Waals surface area contributed by atoms with Crippen molar-refractivity contribution in [1.82, 2.24) is 14.5 Å². The minimum absolute atomic E-state index is 0.00679. The van der Waals surface area contributed by atoms with Crippen molar-refractivity contribution in [1.29, 1.82) is 0 Å². The Bertz CT molecular complexity index is 671. The van der Waals surface area contributed by atoms with Crippen LogP contribution in [0, 0.1) is 0 Å². The van der Waals surface area contributed by atoms with Crippen molar-refractivity contribution >= 4 is 33.2 Å². The minimum Gasteiger partial charge on any atom is -0.285 e. The second kappa shape index (κ2) is 5.50. The SMILES string of the molecule is CN(Cc1cn[nH]c1)S(=O)(=O)c1cc(Cl)ccc1Cl. The summed E-state index contributed by atoms with van der Waals surface area (Å²) in [4.78, 5) is -0.00679. The van der Waals surface area contributed by atoms with Crippen molar-refractivity contribution in [2.45, 2.75) is 11.4 Å². The van der Waals surface area contributed by atoms with Crippen molar-refractivity contribution in [3.8, 4) is 0 Å². The third-order valence-electron chi connectivity index (χ3n) is 2.54. The van der Waals surface area contributed by atoms with Gasteiger partial charge < -0.3 is 0 Å². The highest BCUT2D eigenvalue weighted by atomic mass is 35.5. The zero-order valence-corrected chi connectivity index (χ0v) is 12.3. The molecule has 0 spiro atoms. The number of aromatic amines is 1. The van der Waals surface area contributed by atoms with E-state index in [1.54, 1.807) is 18.5 Å². The van der Waals surface area contributed by atoms with Crippen molar-refractivity contribution in [3.05, 3.63) is 46.2 Å². The average Bonchev–Trinajstić information content (AvgIpc) is 2.85. The number of hydrogen-bond donors (Lipinski definition) is 1. The molecule has 0 saturated carbocycles. The van der Waals surface area contributed by atoms with Crippen molar-refractivity contribution < 1.29 is 8.42 Å². The molecule has 0 aliphatic heterocycles. The van der Waals surface area contributed by atoms with E-state index in [9.17, 15) is 8.42 Å². The van der Waals surface area contributed by atoms with Crippen LogP contribution in [0.25, 0.3) is 0 Å². The zero-order chi connectivity index (χ0) is 14.0. The molecule has 0 atom stereocenters. The molecular weight excluding hydrogens is 309 g/mol. The second-order valence-electron chi connectivity index (χ2n) is 3.94. The van der Waals surface area contributed by atoms with E-state index in [1.165, 1.54) is 23.5 Å². The molecule has 102 valence electrons. The summed E-state index contributed by atoms with van der Waals surface area (Å²) in [5.41, 5.74) is 0.754. The predicted octanol–water partition coefficient (Wildman–Crippen LogP) is 2.54. The van der Waals surface area contributed by atoms with Crippen LogP contribution in [0.4, 0.5) is 0 Å². The molecule has 1 N–H and O–H groups in total. The summed E-state index contributed by atoms with van der Waals surface area (Å²) in [6.07, 6.45) is 3.19. The van der Waals surface area contributed by atoms with Gasteiger partial charge in [-0.05, 0) is 18.2 Å². The first kappa shape index (κ1) is 14.3. The van der Waals surface area contributed by atoms with Gasteiger partial charge in [0.1, 0.15) is 4.90 Å². The zero-order valence-electron chi connectivity index (χ0n) is 9.97. The van der Waals surface area contributed by atoms with Crippen LogP contribution in [0.5, 0.6) is 0 Å². The van der Waals surface area contributed by atoms with Crippen LogP contribution in [0.1, 0.15) is 5.56 Å². The van der Waals surface area contributed by atoms with Crippen molar-refractivity contribution in [2.24, 2.45) is 0 Å². The topological polar surface area (TPSA) is 66.1 Å². The molecule has 1 aromatic carbocycles. The maximum absolute atomic E-state index is 12.4. The number of benzene rings is 1. The summed E-state index contributed by atoms with van der Waals surface area (Å²) in [6, 6.07) is 4.34. The maximum atomic E-state index is 12.4. The van der Waals surface area contributed by atoms with Gasteiger partial charge >= 0.3 is 0 Å². The lowest BCUT2D eigenvalue weighted by Crippen LogP contribution is -2.26. The smallest absolute Gasteiger partial charge is 0.244 e. The summed E-state index contributed by atoms with van der Waals surface area (Å²) < 4.78 is 26.0. The molecule has 0 bridgehead atoms. The fourth-order valence-corrected chi connectivity index (χ4v) is 3.44. The highest BCUT2D eigenvalue weighted by Gasteiger charge is 2.24. The Hall–Kier alpha value is -1.08. The maximum Gasteiger partial charge on any atom is 0.244 e. The normalized spacial score (nSPS) is 12.0. The molecule has 0 saturated heterocycles. The largest absolute Gasteiger partial charge is 0.285 e. The van der Waals surface area contributed by atoms with Crippen molar-refractivity contribution in [2.75, 3.05) is 7.05 Å². The standard InChI is InChI=1S/C11H11Cl2N3O2S/c1-16(7-8-5-14-15-6-8)19(17,18)11-4-9(12)2-3-10(11)13/h2-6H,7H2,1H3,(H,14,15). The first-order chi connectivity index (χ1) is 8.91. The number of nitrogens with zero attached hydrogens (tertiary/aromatic N) is 2. The third-order valence-corrected chi connectivity index (χ3v) is 5.06. The number of aromatic nitrogens is 2. The highest BCUT2D eigenvalue weighted by Crippen LogP contribution is 2.27. The molecule has 19 heavy (non-hydrogen) atoms. The third kappa shape index (κ3) is 3.09. The molecule has 0 amide bonds. The number of rotatable bonds is 4. The van der Waals surface area contributed by atoms with Gasteiger partial charge in [0, 0.05) is 30.4 Å². The lowest BCUT2D eigenvalue weighted by Gasteiger charge is -2.17. The van der Waals surface area contributed by atoms with Gasteiger partial charge in [0.25, 0.3) is 0 Å². The molecule has 1 heterocycles. The van der Waals surface area contributed by atoms with Gasteiger partial charge in [0.2, 0.25) is 10.0 Å². The van der Waals surface area contributed by atoms with E-state index in [2.05, 4.69) is 10.2 Å². The van der Waals surface area contributed by atoms with Crippen LogP contribution < -0.4 is 0 Å². The lowest BCUT2D eigenvalue weighted by molar-refractivity contribution is 0.467. The molecular formula is C11H11Cl2N3O2S. The summed E-state index contributed by atoms with van der Waals surface area (Å²) in [5, 5.41) is 6.86. The van der Waals surface area contributed by atoms with E-state index in [0.29, 0.717) is 5.02 Å². The van der Waals surface area contributed by atoms with E-state index < -0.39 is 10.0 Å². The van der Waals surface area contributed by atoms with Gasteiger partial charge in [-0.2, -0.15) is 9.40 Å². The fraction of sp³-hybridized carbons (Fsp3) is 0.182. The monoisotopic (exact) mass is 319 g/mol. The Morgan fingerprint density at radius 2 is 2.11 bits per heavy atom. The molecule has 8 heteroatoms. The average molecular weight is 320 g/mol. The molecule has 2 rings (SSSR count). The summed E-state index contributed by atoms with van der Waals surface area (Å²) in [6.45, 7) is 0.196. The van der Waals surface area contributed by atoms with Gasteiger partial charge in [-0.25, -0.2) is 8.42 Å². The molecule has 2 aromatic rings. The van der Waals surface area contributed by atoms with Crippen LogP contribution in [0.2, 0.25) is 10.0 Å². The van der Waals surface area contributed by atoms with Gasteiger partial charge in [-0.3, -0.25) is 5.10 Å². The van der Waals surface area contributed by atoms with Crippen LogP contribution >= 0.6 is 23.2 Å². The van der Waals surface area contributed by atoms with Gasteiger partial charge in [-0.1, -0.05) is 23.2 Å². The van der Waals surface area contributed by atoms with Crippen molar-refractivity contribution in [3.63, 3.8) is 0 Å². The Balaban J connectivity index is 2.33. The molecule has 0 unspecified atom stereocenters. The number of nitrogens with one attached hydrogen (secondary N) is 1. The van der Waals surface area contributed by atoms with Crippen LogP contribution in [0.15, 0.2) is 35.5 Å². The van der Waals surface area contributed by atoms with Crippen LogP contribution in [-0.4, -0.2) is 30.0 Å². The first-order valence-electron chi connectivity index (χ1n) is 5.30. The molecule has 0 radical (unpaired) electrons. The van der Waals surface area contributed by atoms with Crippen LogP contribution in [-0.2, 0) is 16.6 Å². The van der Waals surface area contributed by atoms with Crippen LogP contribution in [0.3, 0.4) is 0 Å². The van der Waals surface area contributed by atoms with Gasteiger partial charge in [-0.15, -0.1) is 0 Å². The molecule has 5 nitrogen and oxygen atoms in total. The van der Waals surface area contributed by atoms with E-state index in [-0.39, 0.29) is 16.5 Å². The molecule has 1 aromatic heterocycles. The van der Waals surface area contributed by atoms with Gasteiger partial charge in [0.05, 0.1) is 11.2 Å². The van der Waals surface area contributed by atoms with E-state index in [0.717, 1.165) is 5.56 Å². The van der Waals surface area contributed by atoms with Gasteiger partial charge in [0.15, 0.2) is 0 Å². The Kier molecular flexibility index (Phi) is 4.15. The Morgan fingerprint density at radius 3 is 2.74 bits per heavy atom. The summed E-state index contributed by atoms with van der Waals surface area (Å²) >= 11 is 11.7. The molecule has 0 fully saturated rings.